The third kappa shape index (κ3) is 1.93. The number of morpholine rings is 1. The molecule has 3 nitrogen and oxygen atoms in total. The first kappa shape index (κ1) is 10.1. The molecule has 2 unspecified atom stereocenters. The van der Waals surface area contributed by atoms with Gasteiger partial charge in [-0.25, -0.2) is 0 Å². The summed E-state index contributed by atoms with van der Waals surface area (Å²) in [5.74, 6) is 0.635. The lowest BCUT2D eigenvalue weighted by Gasteiger charge is -2.41. The number of hydrogen-bond donors (Lipinski definition) is 1. The summed E-state index contributed by atoms with van der Waals surface area (Å²) in [6.07, 6.45) is 6.78. The van der Waals surface area contributed by atoms with E-state index in [4.69, 9.17) is 9.47 Å². The van der Waals surface area contributed by atoms with E-state index in [1.54, 1.807) is 0 Å². The van der Waals surface area contributed by atoms with Gasteiger partial charge in [0.25, 0.3) is 0 Å². The van der Waals surface area contributed by atoms with Gasteiger partial charge in [-0.05, 0) is 19.3 Å². The zero-order valence-corrected chi connectivity index (χ0v) is 9.34. The van der Waals surface area contributed by atoms with Gasteiger partial charge < -0.3 is 14.8 Å². The standard InChI is InChI=1S/C12H21NO2/c1-2-5-12(4-1)9-13-7-11(15-12)10-3-6-14-8-10/h10-11,13H,1-9H2. The summed E-state index contributed by atoms with van der Waals surface area (Å²) in [4.78, 5) is 0. The van der Waals surface area contributed by atoms with Gasteiger partial charge >= 0.3 is 0 Å². The molecule has 1 spiro atoms. The van der Waals surface area contributed by atoms with Crippen LogP contribution in [0.5, 0.6) is 0 Å². The third-order valence-electron chi connectivity index (χ3n) is 4.20. The Bertz CT molecular complexity index is 220. The summed E-state index contributed by atoms with van der Waals surface area (Å²) < 4.78 is 11.8. The van der Waals surface area contributed by atoms with Gasteiger partial charge in [-0.3, -0.25) is 0 Å². The van der Waals surface area contributed by atoms with Crippen LogP contribution in [0.15, 0.2) is 0 Å². The van der Waals surface area contributed by atoms with E-state index >= 15 is 0 Å². The molecule has 2 heterocycles. The SMILES string of the molecule is C1CCC2(C1)CNCC(C1CCOC1)O2. The smallest absolute Gasteiger partial charge is 0.0810 e. The summed E-state index contributed by atoms with van der Waals surface area (Å²) in [6.45, 7) is 3.92. The van der Waals surface area contributed by atoms with Crippen molar-refractivity contribution in [2.75, 3.05) is 26.3 Å². The molecular weight excluding hydrogens is 190 g/mol. The second-order valence-electron chi connectivity index (χ2n) is 5.30. The molecule has 2 atom stereocenters. The minimum Gasteiger partial charge on any atom is -0.381 e. The van der Waals surface area contributed by atoms with E-state index in [9.17, 15) is 0 Å². The highest BCUT2D eigenvalue weighted by molar-refractivity contribution is 4.94. The van der Waals surface area contributed by atoms with Crippen LogP contribution in [0.4, 0.5) is 0 Å². The van der Waals surface area contributed by atoms with Crippen LogP contribution in [0.3, 0.4) is 0 Å². The minimum atomic E-state index is 0.186. The molecule has 2 aliphatic heterocycles. The Balaban J connectivity index is 1.65. The summed E-state index contributed by atoms with van der Waals surface area (Å²) in [7, 11) is 0. The summed E-state index contributed by atoms with van der Waals surface area (Å²) in [5, 5.41) is 3.56. The molecular formula is C12H21NO2. The highest BCUT2D eigenvalue weighted by Crippen LogP contribution is 2.37. The molecule has 0 radical (unpaired) electrons. The van der Waals surface area contributed by atoms with Crippen LogP contribution in [0.2, 0.25) is 0 Å². The van der Waals surface area contributed by atoms with Crippen LogP contribution in [0.25, 0.3) is 0 Å². The Labute approximate surface area is 91.5 Å². The van der Waals surface area contributed by atoms with Crippen molar-refractivity contribution < 1.29 is 9.47 Å². The van der Waals surface area contributed by atoms with Crippen LogP contribution in [-0.2, 0) is 9.47 Å². The molecule has 0 aromatic heterocycles. The Kier molecular flexibility index (Phi) is 2.71. The van der Waals surface area contributed by atoms with E-state index in [-0.39, 0.29) is 5.60 Å². The number of hydrogen-bond acceptors (Lipinski definition) is 3. The number of nitrogens with one attached hydrogen (secondary N) is 1. The van der Waals surface area contributed by atoms with Crippen LogP contribution in [0.1, 0.15) is 32.1 Å². The molecule has 0 bridgehead atoms. The minimum absolute atomic E-state index is 0.186. The second-order valence-corrected chi connectivity index (χ2v) is 5.30. The molecule has 86 valence electrons. The van der Waals surface area contributed by atoms with Crippen molar-refractivity contribution in [2.24, 2.45) is 5.92 Å². The molecule has 0 aromatic carbocycles. The lowest BCUT2D eigenvalue weighted by atomic mass is 9.94. The molecule has 1 saturated carbocycles. The molecule has 1 aliphatic carbocycles. The van der Waals surface area contributed by atoms with E-state index < -0.39 is 0 Å². The van der Waals surface area contributed by atoms with Gasteiger partial charge in [0.15, 0.2) is 0 Å². The average molecular weight is 211 g/mol. The highest BCUT2D eigenvalue weighted by atomic mass is 16.5. The van der Waals surface area contributed by atoms with Crippen molar-refractivity contribution in [1.29, 1.82) is 0 Å². The Morgan fingerprint density at radius 1 is 1.20 bits per heavy atom. The fraction of sp³-hybridized carbons (Fsp3) is 1.00. The molecule has 15 heavy (non-hydrogen) atoms. The quantitative estimate of drug-likeness (QED) is 0.709. The molecule has 3 aliphatic rings. The molecule has 3 heteroatoms. The van der Waals surface area contributed by atoms with Crippen molar-refractivity contribution >= 4 is 0 Å². The fourth-order valence-corrected chi connectivity index (χ4v) is 3.27. The zero-order chi connectivity index (χ0) is 10.1. The molecule has 3 rings (SSSR count). The van der Waals surface area contributed by atoms with E-state index in [0.717, 1.165) is 26.3 Å². The normalized spacial score (nSPS) is 40.0. The van der Waals surface area contributed by atoms with Crippen LogP contribution in [0, 0.1) is 5.92 Å². The maximum atomic E-state index is 6.38. The monoisotopic (exact) mass is 211 g/mol. The van der Waals surface area contributed by atoms with E-state index in [2.05, 4.69) is 5.32 Å². The van der Waals surface area contributed by atoms with Gasteiger partial charge in [-0.2, -0.15) is 0 Å². The van der Waals surface area contributed by atoms with Crippen molar-refractivity contribution in [3.05, 3.63) is 0 Å². The van der Waals surface area contributed by atoms with Crippen molar-refractivity contribution in [3.8, 4) is 0 Å². The van der Waals surface area contributed by atoms with Crippen LogP contribution in [-0.4, -0.2) is 38.0 Å². The van der Waals surface area contributed by atoms with Gasteiger partial charge in [0.05, 0.1) is 18.3 Å². The van der Waals surface area contributed by atoms with E-state index in [0.29, 0.717) is 12.0 Å². The first-order valence-electron chi connectivity index (χ1n) is 6.34. The van der Waals surface area contributed by atoms with Gasteiger partial charge in [-0.15, -0.1) is 0 Å². The van der Waals surface area contributed by atoms with E-state index in [1.165, 1.54) is 32.1 Å². The third-order valence-corrected chi connectivity index (χ3v) is 4.20. The van der Waals surface area contributed by atoms with E-state index in [1.807, 2.05) is 0 Å². The van der Waals surface area contributed by atoms with Gasteiger partial charge in [0, 0.05) is 25.6 Å². The van der Waals surface area contributed by atoms with Crippen LogP contribution < -0.4 is 5.32 Å². The Morgan fingerprint density at radius 2 is 2.07 bits per heavy atom. The van der Waals surface area contributed by atoms with Crippen LogP contribution >= 0.6 is 0 Å². The largest absolute Gasteiger partial charge is 0.381 e. The number of rotatable bonds is 1. The predicted molar refractivity (Wildman–Crippen MR) is 57.9 cm³/mol. The Hall–Kier alpha value is -0.120. The summed E-state index contributed by atoms with van der Waals surface area (Å²) >= 11 is 0. The molecule has 2 saturated heterocycles. The zero-order valence-electron chi connectivity index (χ0n) is 9.34. The molecule has 0 amide bonds. The number of ether oxygens (including phenoxy) is 2. The molecule has 3 fully saturated rings. The first-order chi connectivity index (χ1) is 7.38. The maximum absolute atomic E-state index is 6.38. The predicted octanol–water partition coefficient (Wildman–Crippen LogP) is 1.32. The van der Waals surface area contributed by atoms with Crippen molar-refractivity contribution in [2.45, 2.75) is 43.8 Å². The van der Waals surface area contributed by atoms with Crippen molar-refractivity contribution in [1.82, 2.24) is 5.32 Å². The lowest BCUT2D eigenvalue weighted by Crippen LogP contribution is -2.54. The molecule has 0 aromatic rings. The highest BCUT2D eigenvalue weighted by Gasteiger charge is 2.42. The van der Waals surface area contributed by atoms with Gasteiger partial charge in [0.1, 0.15) is 0 Å². The second kappa shape index (κ2) is 4.04. The van der Waals surface area contributed by atoms with Gasteiger partial charge in [-0.1, -0.05) is 12.8 Å². The topological polar surface area (TPSA) is 30.5 Å². The van der Waals surface area contributed by atoms with Crippen molar-refractivity contribution in [3.63, 3.8) is 0 Å². The molecule has 1 N–H and O–H groups in total. The lowest BCUT2D eigenvalue weighted by molar-refractivity contribution is -0.132. The fourth-order valence-electron chi connectivity index (χ4n) is 3.27. The Morgan fingerprint density at radius 3 is 2.80 bits per heavy atom. The first-order valence-corrected chi connectivity index (χ1v) is 6.34. The summed E-state index contributed by atoms with van der Waals surface area (Å²) in [6, 6.07) is 0. The average Bonchev–Trinajstić information content (AvgIpc) is 2.89. The maximum Gasteiger partial charge on any atom is 0.0810 e. The summed E-state index contributed by atoms with van der Waals surface area (Å²) in [5.41, 5.74) is 0.186. The van der Waals surface area contributed by atoms with Gasteiger partial charge in [0.2, 0.25) is 0 Å².